The van der Waals surface area contributed by atoms with Crippen LogP contribution in [0.5, 0.6) is 0 Å². The minimum absolute atomic E-state index is 0.364. The van der Waals surface area contributed by atoms with Crippen molar-refractivity contribution in [2.24, 2.45) is 0 Å². The van der Waals surface area contributed by atoms with Gasteiger partial charge in [-0.25, -0.2) is 4.98 Å². The summed E-state index contributed by atoms with van der Waals surface area (Å²) >= 11 is 1.38. The molecule has 6 heteroatoms. The van der Waals surface area contributed by atoms with E-state index >= 15 is 0 Å². The highest BCUT2D eigenvalue weighted by Crippen LogP contribution is 2.33. The second kappa shape index (κ2) is 6.37. The minimum Gasteiger partial charge on any atom is -0.297 e. The Morgan fingerprint density at radius 3 is 2.40 bits per heavy atom. The number of fused-ring (bicyclic) bond motifs is 1. The van der Waals surface area contributed by atoms with E-state index in [1.54, 1.807) is 0 Å². The molecule has 25 heavy (non-hydrogen) atoms. The summed E-state index contributed by atoms with van der Waals surface area (Å²) in [5.74, 6) is -0.752. The molecule has 0 saturated heterocycles. The monoisotopic (exact) mass is 354 g/mol. The first-order valence-electron chi connectivity index (χ1n) is 7.88. The van der Waals surface area contributed by atoms with E-state index in [1.807, 2.05) is 31.4 Å². The van der Waals surface area contributed by atoms with E-state index < -0.39 is 6.04 Å². The third-order valence-corrected chi connectivity index (χ3v) is 5.13. The van der Waals surface area contributed by atoms with Gasteiger partial charge in [-0.2, -0.15) is 0 Å². The zero-order chi connectivity index (χ0) is 18.3. The fraction of sp³-hybridized carbons (Fsp3) is 0.263. The molecule has 5 nitrogen and oxygen atoms in total. The van der Waals surface area contributed by atoms with Crippen LogP contribution in [0.2, 0.25) is 0 Å². The van der Waals surface area contributed by atoms with Crippen LogP contribution in [0.4, 0.5) is 0 Å². The maximum Gasteiger partial charge on any atom is 0.263 e. The molecule has 0 bridgehead atoms. The molecule has 0 aliphatic heterocycles. The average Bonchev–Trinajstić information content (AvgIpc) is 2.94. The van der Waals surface area contributed by atoms with Crippen molar-refractivity contribution in [2.75, 3.05) is 0 Å². The predicted molar refractivity (Wildman–Crippen MR) is 99.2 cm³/mol. The van der Waals surface area contributed by atoms with E-state index in [9.17, 15) is 14.4 Å². The van der Waals surface area contributed by atoms with Gasteiger partial charge in [-0.15, -0.1) is 11.3 Å². The number of carbonyl (C=O) groups excluding carboxylic acids is 2. The van der Waals surface area contributed by atoms with Crippen LogP contribution < -0.4 is 5.56 Å². The first kappa shape index (κ1) is 17.2. The van der Waals surface area contributed by atoms with Gasteiger partial charge in [0.05, 0.1) is 5.39 Å². The molecule has 1 aromatic carbocycles. The van der Waals surface area contributed by atoms with Crippen molar-refractivity contribution in [2.45, 2.75) is 33.7 Å². The van der Waals surface area contributed by atoms with Crippen molar-refractivity contribution in [3.63, 3.8) is 0 Å². The van der Waals surface area contributed by atoms with Crippen LogP contribution in [-0.2, 0) is 9.59 Å². The van der Waals surface area contributed by atoms with Gasteiger partial charge >= 0.3 is 0 Å². The van der Waals surface area contributed by atoms with Crippen LogP contribution in [0.25, 0.3) is 21.3 Å². The summed E-state index contributed by atoms with van der Waals surface area (Å²) in [7, 11) is 0. The van der Waals surface area contributed by atoms with Crippen LogP contribution in [0.3, 0.4) is 0 Å². The third-order valence-electron chi connectivity index (χ3n) is 4.24. The number of ketones is 2. The molecule has 0 amide bonds. The quantitative estimate of drug-likeness (QED) is 0.673. The van der Waals surface area contributed by atoms with E-state index in [1.165, 1.54) is 31.5 Å². The number of rotatable bonds is 4. The van der Waals surface area contributed by atoms with Gasteiger partial charge in [-0.3, -0.25) is 19.0 Å². The molecule has 0 saturated carbocycles. The molecular formula is C19H18N2O3S. The molecule has 0 N–H and O–H groups in total. The van der Waals surface area contributed by atoms with Gasteiger partial charge in [0.15, 0.2) is 17.6 Å². The molecule has 3 rings (SSSR count). The summed E-state index contributed by atoms with van der Waals surface area (Å²) in [5, 5.41) is 2.35. The molecule has 128 valence electrons. The van der Waals surface area contributed by atoms with Gasteiger partial charge in [-0.1, -0.05) is 23.8 Å². The predicted octanol–water partition coefficient (Wildman–Crippen LogP) is 3.46. The number of hydrogen-bond acceptors (Lipinski definition) is 5. The number of aryl methyl sites for hydroxylation is 2. The zero-order valence-corrected chi connectivity index (χ0v) is 15.3. The third kappa shape index (κ3) is 2.93. The Balaban J connectivity index is 2.30. The number of thiophene rings is 1. The number of hydrogen-bond donors (Lipinski definition) is 0. The number of nitrogens with zero attached hydrogens (tertiary/aromatic N) is 2. The van der Waals surface area contributed by atoms with Crippen molar-refractivity contribution < 1.29 is 9.59 Å². The van der Waals surface area contributed by atoms with Crippen molar-refractivity contribution >= 4 is 33.1 Å². The van der Waals surface area contributed by atoms with E-state index in [2.05, 4.69) is 11.1 Å². The molecule has 3 aromatic rings. The largest absolute Gasteiger partial charge is 0.297 e. The molecule has 2 aromatic heterocycles. The topological polar surface area (TPSA) is 69.0 Å². The SMILES string of the molecule is CC(=O)C(C(C)=O)n1cnc2scc(-c3ccc(C)cc3C)c2c1=O. The lowest BCUT2D eigenvalue weighted by atomic mass is 9.99. The standard InChI is InChI=1S/C19H18N2O3S/c1-10-5-6-14(11(2)7-10)15-8-25-18-16(15)19(24)21(9-20-18)17(12(3)22)13(4)23/h5-9,17H,1-4H3. The van der Waals surface area contributed by atoms with Gasteiger partial charge in [-0.05, 0) is 38.8 Å². The van der Waals surface area contributed by atoms with Gasteiger partial charge in [0.25, 0.3) is 5.56 Å². The highest BCUT2D eigenvalue weighted by Gasteiger charge is 2.25. The van der Waals surface area contributed by atoms with Crippen LogP contribution in [0.1, 0.15) is 31.0 Å². The normalized spacial score (nSPS) is 11.2. The summed E-state index contributed by atoms with van der Waals surface area (Å²) < 4.78 is 1.15. The first-order valence-corrected chi connectivity index (χ1v) is 8.76. The van der Waals surface area contributed by atoms with E-state index in [-0.39, 0.29) is 17.1 Å². The van der Waals surface area contributed by atoms with E-state index in [4.69, 9.17) is 0 Å². The van der Waals surface area contributed by atoms with Gasteiger partial charge in [0.2, 0.25) is 0 Å². The summed E-state index contributed by atoms with van der Waals surface area (Å²) in [6.45, 7) is 6.62. The van der Waals surface area contributed by atoms with E-state index in [0.717, 1.165) is 26.8 Å². The Labute approximate surface area is 148 Å². The second-order valence-electron chi connectivity index (χ2n) is 6.23. The lowest BCUT2D eigenvalue weighted by Gasteiger charge is -2.14. The summed E-state index contributed by atoms with van der Waals surface area (Å²) in [6, 6.07) is 4.91. The summed E-state index contributed by atoms with van der Waals surface area (Å²) in [5.41, 5.74) is 3.58. The molecular weight excluding hydrogens is 336 g/mol. The minimum atomic E-state index is -1.13. The smallest absolute Gasteiger partial charge is 0.263 e. The number of aromatic nitrogens is 2. The average molecular weight is 354 g/mol. The van der Waals surface area contributed by atoms with E-state index in [0.29, 0.717) is 10.2 Å². The van der Waals surface area contributed by atoms with Crippen molar-refractivity contribution in [3.8, 4) is 11.1 Å². The molecule has 0 aliphatic rings. The number of benzene rings is 1. The van der Waals surface area contributed by atoms with Crippen molar-refractivity contribution in [1.29, 1.82) is 0 Å². The lowest BCUT2D eigenvalue weighted by Crippen LogP contribution is -2.33. The Hall–Kier alpha value is -2.60. The Morgan fingerprint density at radius 2 is 1.80 bits per heavy atom. The lowest BCUT2D eigenvalue weighted by molar-refractivity contribution is -0.129. The maximum atomic E-state index is 13.0. The molecule has 0 unspecified atom stereocenters. The van der Waals surface area contributed by atoms with Crippen LogP contribution in [0.15, 0.2) is 34.7 Å². The van der Waals surface area contributed by atoms with Crippen molar-refractivity contribution in [1.82, 2.24) is 9.55 Å². The number of Topliss-reactive ketones (excluding diaryl/α,β-unsaturated/α-hetero) is 2. The molecule has 0 radical (unpaired) electrons. The van der Waals surface area contributed by atoms with Gasteiger partial charge in [0.1, 0.15) is 11.2 Å². The van der Waals surface area contributed by atoms with Crippen molar-refractivity contribution in [3.05, 3.63) is 51.4 Å². The van der Waals surface area contributed by atoms with Gasteiger partial charge in [0, 0.05) is 10.9 Å². The van der Waals surface area contributed by atoms with Crippen LogP contribution in [-0.4, -0.2) is 21.1 Å². The highest BCUT2D eigenvalue weighted by molar-refractivity contribution is 7.17. The second-order valence-corrected chi connectivity index (χ2v) is 7.09. The fourth-order valence-corrected chi connectivity index (χ4v) is 4.02. The maximum absolute atomic E-state index is 13.0. The van der Waals surface area contributed by atoms with Gasteiger partial charge < -0.3 is 0 Å². The number of carbonyl (C=O) groups is 2. The molecule has 0 spiro atoms. The first-order chi connectivity index (χ1) is 11.8. The van der Waals surface area contributed by atoms with Crippen LogP contribution in [0, 0.1) is 13.8 Å². The summed E-state index contributed by atoms with van der Waals surface area (Å²) in [4.78, 5) is 41.6. The van der Waals surface area contributed by atoms with Crippen LogP contribution >= 0.6 is 11.3 Å². The zero-order valence-electron chi connectivity index (χ0n) is 14.5. The Kier molecular flexibility index (Phi) is 4.39. The Bertz CT molecular complexity index is 1050. The highest BCUT2D eigenvalue weighted by atomic mass is 32.1. The molecule has 0 fully saturated rings. The molecule has 0 aliphatic carbocycles. The Morgan fingerprint density at radius 1 is 1.12 bits per heavy atom. The summed E-state index contributed by atoms with van der Waals surface area (Å²) in [6.07, 6.45) is 1.29. The molecule has 2 heterocycles. The fourth-order valence-electron chi connectivity index (χ4n) is 3.12. The molecule has 0 atom stereocenters.